The molecule has 1 N–H and O–H groups in total. The van der Waals surface area contributed by atoms with Gasteiger partial charge in [0.2, 0.25) is 11.8 Å². The molecule has 8 heteroatoms. The molecule has 4 rings (SSSR count). The molecule has 0 radical (unpaired) electrons. The van der Waals surface area contributed by atoms with E-state index in [1.807, 2.05) is 67.6 Å². The number of anilines is 1. The van der Waals surface area contributed by atoms with E-state index >= 15 is 0 Å². The SMILES string of the molecule is C=CCc1cc(/C=N/NC(=O)[C@@H]2CC(=O)N(c3ccc(CC)cc3)C2)cc(OCC)c1OCc1ccc(Br)cc1. The maximum Gasteiger partial charge on any atom is 0.245 e. The molecular weight excluding hydrogens is 570 g/mol. The van der Waals surface area contributed by atoms with Gasteiger partial charge in [-0.05, 0) is 72.9 Å². The summed E-state index contributed by atoms with van der Waals surface area (Å²) in [5.74, 6) is 0.422. The summed E-state index contributed by atoms with van der Waals surface area (Å²) in [6.07, 6.45) is 5.03. The minimum Gasteiger partial charge on any atom is -0.490 e. The Kier molecular flexibility index (Phi) is 10.1. The maximum atomic E-state index is 12.8. The van der Waals surface area contributed by atoms with Crippen molar-refractivity contribution in [3.63, 3.8) is 0 Å². The van der Waals surface area contributed by atoms with Crippen LogP contribution < -0.4 is 19.8 Å². The van der Waals surface area contributed by atoms with E-state index in [1.54, 1.807) is 17.2 Å². The highest BCUT2D eigenvalue weighted by atomic mass is 79.9. The molecule has 1 heterocycles. The number of amides is 2. The number of hydrogen-bond donors (Lipinski definition) is 1. The lowest BCUT2D eigenvalue weighted by Crippen LogP contribution is -2.30. The third-order valence-corrected chi connectivity index (χ3v) is 7.18. The molecule has 0 unspecified atom stereocenters. The van der Waals surface area contributed by atoms with Crippen molar-refractivity contribution in [1.82, 2.24) is 5.43 Å². The second-order valence-corrected chi connectivity index (χ2v) is 10.4. The first-order valence-electron chi connectivity index (χ1n) is 13.4. The van der Waals surface area contributed by atoms with Crippen LogP contribution >= 0.6 is 15.9 Å². The number of benzene rings is 3. The summed E-state index contributed by atoms with van der Waals surface area (Å²) < 4.78 is 13.1. The molecule has 1 aliphatic heterocycles. The molecule has 3 aromatic carbocycles. The van der Waals surface area contributed by atoms with Gasteiger partial charge in [-0.3, -0.25) is 9.59 Å². The first-order valence-corrected chi connectivity index (χ1v) is 14.2. The van der Waals surface area contributed by atoms with Crippen LogP contribution in [0.2, 0.25) is 0 Å². The minimum atomic E-state index is -0.472. The lowest BCUT2D eigenvalue weighted by atomic mass is 10.1. The van der Waals surface area contributed by atoms with Crippen molar-refractivity contribution in [2.24, 2.45) is 11.0 Å². The number of allylic oxidation sites excluding steroid dienone is 1. The van der Waals surface area contributed by atoms with E-state index < -0.39 is 5.92 Å². The highest BCUT2D eigenvalue weighted by molar-refractivity contribution is 9.10. The number of ether oxygens (including phenoxy) is 2. The van der Waals surface area contributed by atoms with Crippen molar-refractivity contribution in [3.05, 3.63) is 100 Å². The van der Waals surface area contributed by atoms with Gasteiger partial charge in [-0.15, -0.1) is 6.58 Å². The molecule has 2 amide bonds. The number of carbonyl (C=O) groups is 2. The number of nitrogens with zero attached hydrogens (tertiary/aromatic N) is 2. The fourth-order valence-corrected chi connectivity index (χ4v) is 4.80. The minimum absolute atomic E-state index is 0.0671. The second-order valence-electron chi connectivity index (χ2n) is 9.51. The van der Waals surface area contributed by atoms with Crippen molar-refractivity contribution in [2.75, 3.05) is 18.1 Å². The van der Waals surface area contributed by atoms with Gasteiger partial charge in [0, 0.05) is 28.7 Å². The monoisotopic (exact) mass is 603 g/mol. The van der Waals surface area contributed by atoms with Crippen LogP contribution in [0.25, 0.3) is 0 Å². The van der Waals surface area contributed by atoms with Gasteiger partial charge in [0.25, 0.3) is 0 Å². The van der Waals surface area contributed by atoms with Gasteiger partial charge in [0.05, 0.1) is 18.7 Å². The average molecular weight is 605 g/mol. The van der Waals surface area contributed by atoms with Crippen molar-refractivity contribution in [3.8, 4) is 11.5 Å². The molecule has 208 valence electrons. The molecular formula is C32H34BrN3O4. The van der Waals surface area contributed by atoms with Crippen LogP contribution in [0.5, 0.6) is 11.5 Å². The first-order chi connectivity index (χ1) is 19.4. The Bertz CT molecular complexity index is 1370. The van der Waals surface area contributed by atoms with Gasteiger partial charge in [-0.25, -0.2) is 5.43 Å². The largest absolute Gasteiger partial charge is 0.490 e. The highest BCUT2D eigenvalue weighted by Crippen LogP contribution is 2.34. The van der Waals surface area contributed by atoms with E-state index in [0.717, 1.165) is 33.3 Å². The van der Waals surface area contributed by atoms with E-state index in [4.69, 9.17) is 9.47 Å². The zero-order valence-electron chi connectivity index (χ0n) is 22.9. The predicted molar refractivity (Wildman–Crippen MR) is 162 cm³/mol. The van der Waals surface area contributed by atoms with E-state index in [1.165, 1.54) is 5.56 Å². The van der Waals surface area contributed by atoms with Gasteiger partial charge in [-0.1, -0.05) is 53.2 Å². The number of hydrazone groups is 1. The topological polar surface area (TPSA) is 80.2 Å². The Morgan fingerprint density at radius 1 is 1.10 bits per heavy atom. The molecule has 0 spiro atoms. The van der Waals surface area contributed by atoms with Crippen LogP contribution in [-0.4, -0.2) is 31.2 Å². The van der Waals surface area contributed by atoms with E-state index in [0.29, 0.717) is 37.7 Å². The van der Waals surface area contributed by atoms with Gasteiger partial charge in [0.15, 0.2) is 11.5 Å². The molecule has 40 heavy (non-hydrogen) atoms. The van der Waals surface area contributed by atoms with Crippen LogP contribution in [0.4, 0.5) is 5.69 Å². The summed E-state index contributed by atoms with van der Waals surface area (Å²) in [6, 6.07) is 19.6. The Balaban J connectivity index is 1.43. The number of carbonyl (C=O) groups excluding carboxylic acids is 2. The normalized spacial score (nSPS) is 14.9. The smallest absolute Gasteiger partial charge is 0.245 e. The molecule has 1 aliphatic rings. The molecule has 1 saturated heterocycles. The molecule has 0 saturated carbocycles. The molecule has 1 atom stereocenters. The zero-order valence-corrected chi connectivity index (χ0v) is 24.4. The highest BCUT2D eigenvalue weighted by Gasteiger charge is 2.35. The number of rotatable bonds is 12. The second kappa shape index (κ2) is 13.9. The third-order valence-electron chi connectivity index (χ3n) is 6.66. The summed E-state index contributed by atoms with van der Waals surface area (Å²) >= 11 is 3.45. The molecule has 0 aliphatic carbocycles. The lowest BCUT2D eigenvalue weighted by molar-refractivity contribution is -0.126. The van der Waals surface area contributed by atoms with Crippen molar-refractivity contribution < 1.29 is 19.1 Å². The summed E-state index contributed by atoms with van der Waals surface area (Å²) in [6.45, 7) is 9.06. The number of hydrogen-bond acceptors (Lipinski definition) is 5. The van der Waals surface area contributed by atoms with E-state index in [2.05, 4.69) is 40.0 Å². The first kappa shape index (κ1) is 29.1. The summed E-state index contributed by atoms with van der Waals surface area (Å²) in [7, 11) is 0. The summed E-state index contributed by atoms with van der Waals surface area (Å²) in [5.41, 5.74) is 7.30. The Morgan fingerprint density at radius 2 is 1.82 bits per heavy atom. The van der Waals surface area contributed by atoms with E-state index in [-0.39, 0.29) is 18.2 Å². The quantitative estimate of drug-likeness (QED) is 0.151. The summed E-state index contributed by atoms with van der Waals surface area (Å²) in [5, 5.41) is 4.18. The standard InChI is InChI=1S/C32H34BrN3O4/c1-4-7-25-16-24(17-29(39-6-3)31(25)40-21-23-8-12-27(33)13-9-23)19-34-35-32(38)26-18-30(37)36(20-26)28-14-10-22(5-2)11-15-28/h4,8-17,19,26H,1,5-7,18,20-21H2,2-3H3,(H,35,38)/b34-19+/t26-/m1/s1. The lowest BCUT2D eigenvalue weighted by Gasteiger charge is -2.17. The summed E-state index contributed by atoms with van der Waals surface area (Å²) in [4.78, 5) is 27.1. The molecule has 0 bridgehead atoms. The predicted octanol–water partition coefficient (Wildman–Crippen LogP) is 6.22. The van der Waals surface area contributed by atoms with Gasteiger partial charge >= 0.3 is 0 Å². The maximum absolute atomic E-state index is 12.8. The molecule has 0 aromatic heterocycles. The Labute approximate surface area is 244 Å². The zero-order chi connectivity index (χ0) is 28.5. The molecule has 3 aromatic rings. The van der Waals surface area contributed by atoms with Crippen LogP contribution in [0.15, 0.2) is 82.9 Å². The van der Waals surface area contributed by atoms with Crippen molar-refractivity contribution in [1.29, 1.82) is 0 Å². The van der Waals surface area contributed by atoms with Gasteiger partial charge in [-0.2, -0.15) is 5.10 Å². The van der Waals surface area contributed by atoms with Crippen LogP contribution in [0.3, 0.4) is 0 Å². The van der Waals surface area contributed by atoms with Crippen LogP contribution in [0.1, 0.15) is 42.5 Å². The number of nitrogens with one attached hydrogen (secondary N) is 1. The Morgan fingerprint density at radius 3 is 2.50 bits per heavy atom. The van der Waals surface area contributed by atoms with Crippen molar-refractivity contribution >= 4 is 39.6 Å². The number of aryl methyl sites for hydroxylation is 1. The Hall–Kier alpha value is -3.91. The fraction of sp³-hybridized carbons (Fsp3) is 0.281. The van der Waals surface area contributed by atoms with E-state index in [9.17, 15) is 9.59 Å². The number of halogens is 1. The third kappa shape index (κ3) is 7.39. The molecule has 7 nitrogen and oxygen atoms in total. The fourth-order valence-electron chi connectivity index (χ4n) is 4.53. The van der Waals surface area contributed by atoms with Crippen molar-refractivity contribution in [2.45, 2.75) is 39.7 Å². The van der Waals surface area contributed by atoms with Crippen LogP contribution in [-0.2, 0) is 29.0 Å². The molecule has 1 fully saturated rings. The van der Waals surface area contributed by atoms with Gasteiger partial charge < -0.3 is 14.4 Å². The average Bonchev–Trinajstić information content (AvgIpc) is 3.35. The van der Waals surface area contributed by atoms with Gasteiger partial charge in [0.1, 0.15) is 6.61 Å². The van der Waals surface area contributed by atoms with Crippen LogP contribution in [0, 0.1) is 5.92 Å².